The number of benzene rings is 2. The lowest BCUT2D eigenvalue weighted by atomic mass is 10.2. The number of nitrogens with one attached hydrogen (secondary N) is 1. The molecule has 9 heteroatoms. The monoisotopic (exact) mass is 410 g/mol. The van der Waals surface area contributed by atoms with Crippen molar-refractivity contribution in [2.75, 3.05) is 11.9 Å². The summed E-state index contributed by atoms with van der Waals surface area (Å²) in [4.78, 5) is 33.3. The molecule has 0 saturated carbocycles. The third-order valence-electron chi connectivity index (χ3n) is 3.06. The van der Waals surface area contributed by atoms with Gasteiger partial charge >= 0.3 is 5.97 Å². The minimum atomic E-state index is -0.833. The predicted molar refractivity (Wildman–Crippen MR) is 90.5 cm³/mol. The van der Waals surface area contributed by atoms with Crippen LogP contribution in [0.2, 0.25) is 0 Å². The number of non-ortho nitro benzene ring substituents is 1. The van der Waals surface area contributed by atoms with E-state index in [0.717, 1.165) is 22.7 Å². The SMILES string of the molecule is O=C(COC(=O)Cc1ccc(Br)cc1)Nc1cc([N+](=O)[O-])ccc1F. The zero-order valence-corrected chi connectivity index (χ0v) is 14.3. The maximum Gasteiger partial charge on any atom is 0.310 e. The molecule has 0 heterocycles. The molecule has 130 valence electrons. The smallest absolute Gasteiger partial charge is 0.310 e. The number of hydrogen-bond donors (Lipinski definition) is 1. The Bertz CT molecular complexity index is 811. The van der Waals surface area contributed by atoms with Crippen LogP contribution in [-0.4, -0.2) is 23.4 Å². The Morgan fingerprint density at radius 1 is 1.20 bits per heavy atom. The Kier molecular flexibility index (Phi) is 6.18. The van der Waals surface area contributed by atoms with Crippen LogP contribution >= 0.6 is 15.9 Å². The number of esters is 1. The van der Waals surface area contributed by atoms with Crippen LogP contribution in [0.15, 0.2) is 46.9 Å². The summed E-state index contributed by atoms with van der Waals surface area (Å²) in [6.07, 6.45) is -0.0221. The maximum absolute atomic E-state index is 13.6. The second-order valence-corrected chi connectivity index (χ2v) is 5.85. The number of nitro benzene ring substituents is 1. The number of hydrogen-bond acceptors (Lipinski definition) is 5. The summed E-state index contributed by atoms with van der Waals surface area (Å²) < 4.78 is 19.2. The Labute approximate surface area is 150 Å². The summed E-state index contributed by atoms with van der Waals surface area (Å²) in [6, 6.07) is 9.71. The highest BCUT2D eigenvalue weighted by molar-refractivity contribution is 9.10. The van der Waals surface area contributed by atoms with Gasteiger partial charge in [0.1, 0.15) is 5.82 Å². The highest BCUT2D eigenvalue weighted by Gasteiger charge is 2.14. The van der Waals surface area contributed by atoms with Crippen molar-refractivity contribution in [3.05, 3.63) is 68.4 Å². The third-order valence-corrected chi connectivity index (χ3v) is 3.59. The van der Waals surface area contributed by atoms with E-state index in [0.29, 0.717) is 5.56 Å². The molecule has 0 unspecified atom stereocenters. The molecular weight excluding hydrogens is 399 g/mol. The van der Waals surface area contributed by atoms with Crippen molar-refractivity contribution in [1.82, 2.24) is 0 Å². The number of carbonyl (C=O) groups is 2. The lowest BCUT2D eigenvalue weighted by Crippen LogP contribution is -2.22. The molecule has 0 aromatic heterocycles. The van der Waals surface area contributed by atoms with E-state index in [2.05, 4.69) is 21.2 Å². The molecule has 0 radical (unpaired) electrons. The van der Waals surface area contributed by atoms with Gasteiger partial charge in [-0.1, -0.05) is 28.1 Å². The molecule has 0 bridgehead atoms. The molecule has 2 rings (SSSR count). The lowest BCUT2D eigenvalue weighted by Gasteiger charge is -2.07. The molecule has 7 nitrogen and oxygen atoms in total. The molecule has 0 aliphatic heterocycles. The van der Waals surface area contributed by atoms with Gasteiger partial charge in [0.25, 0.3) is 11.6 Å². The van der Waals surface area contributed by atoms with Crippen LogP contribution < -0.4 is 5.32 Å². The number of carbonyl (C=O) groups excluding carboxylic acids is 2. The second kappa shape index (κ2) is 8.34. The van der Waals surface area contributed by atoms with Gasteiger partial charge in [0.2, 0.25) is 0 Å². The van der Waals surface area contributed by atoms with Gasteiger partial charge in [-0.05, 0) is 23.8 Å². The molecule has 2 aromatic rings. The van der Waals surface area contributed by atoms with Crippen molar-refractivity contribution >= 4 is 39.2 Å². The van der Waals surface area contributed by atoms with Gasteiger partial charge in [-0.15, -0.1) is 0 Å². The van der Waals surface area contributed by atoms with Crippen molar-refractivity contribution in [2.24, 2.45) is 0 Å². The molecular formula is C16H12BrFN2O5. The Morgan fingerprint density at radius 3 is 2.52 bits per heavy atom. The third kappa shape index (κ3) is 5.64. The molecule has 25 heavy (non-hydrogen) atoms. The van der Waals surface area contributed by atoms with E-state index in [1.165, 1.54) is 0 Å². The normalized spacial score (nSPS) is 10.2. The number of amides is 1. The predicted octanol–water partition coefficient (Wildman–Crippen LogP) is 3.22. The average Bonchev–Trinajstić information content (AvgIpc) is 2.57. The topological polar surface area (TPSA) is 98.5 Å². The standard InChI is InChI=1S/C16H12BrFN2O5/c17-11-3-1-10(2-4-11)7-16(22)25-9-15(21)19-14-8-12(20(23)24)5-6-13(14)18/h1-6,8H,7,9H2,(H,19,21). The molecule has 0 saturated heterocycles. The largest absolute Gasteiger partial charge is 0.455 e. The first-order chi connectivity index (χ1) is 11.8. The van der Waals surface area contributed by atoms with E-state index < -0.39 is 29.2 Å². The summed E-state index contributed by atoms with van der Waals surface area (Å²) in [5, 5.41) is 12.8. The highest BCUT2D eigenvalue weighted by Crippen LogP contribution is 2.21. The van der Waals surface area contributed by atoms with Crippen LogP contribution in [0.1, 0.15) is 5.56 Å². The van der Waals surface area contributed by atoms with Gasteiger partial charge in [-0.3, -0.25) is 19.7 Å². The van der Waals surface area contributed by atoms with E-state index in [4.69, 9.17) is 4.74 Å². The van der Waals surface area contributed by atoms with E-state index in [9.17, 15) is 24.1 Å². The van der Waals surface area contributed by atoms with E-state index >= 15 is 0 Å². The van der Waals surface area contributed by atoms with Gasteiger partial charge in [0.05, 0.1) is 17.0 Å². The molecule has 0 atom stereocenters. The minimum absolute atomic E-state index is 0.0221. The van der Waals surface area contributed by atoms with Crippen LogP contribution in [-0.2, 0) is 20.7 Å². The van der Waals surface area contributed by atoms with Gasteiger partial charge in [0.15, 0.2) is 6.61 Å². The Morgan fingerprint density at radius 2 is 1.88 bits per heavy atom. The number of nitro groups is 1. The molecule has 0 fully saturated rings. The fourth-order valence-corrected chi connectivity index (χ4v) is 2.14. The van der Waals surface area contributed by atoms with Crippen LogP contribution in [0.5, 0.6) is 0 Å². The van der Waals surface area contributed by atoms with Gasteiger partial charge in [-0.2, -0.15) is 0 Å². The fourth-order valence-electron chi connectivity index (χ4n) is 1.87. The first kappa shape index (κ1) is 18.5. The Hall–Kier alpha value is -2.81. The van der Waals surface area contributed by atoms with Crippen molar-refractivity contribution in [3.8, 4) is 0 Å². The molecule has 1 amide bonds. The van der Waals surface area contributed by atoms with Gasteiger partial charge in [-0.25, -0.2) is 4.39 Å². The van der Waals surface area contributed by atoms with Crippen molar-refractivity contribution in [1.29, 1.82) is 0 Å². The zero-order valence-electron chi connectivity index (χ0n) is 12.7. The fraction of sp³-hybridized carbons (Fsp3) is 0.125. The summed E-state index contributed by atoms with van der Waals surface area (Å²) in [7, 11) is 0. The first-order valence-corrected chi connectivity index (χ1v) is 7.78. The summed E-state index contributed by atoms with van der Waals surface area (Å²) in [5.41, 5.74) is -0.0228. The number of ether oxygens (including phenoxy) is 1. The molecule has 2 aromatic carbocycles. The number of rotatable bonds is 6. The Balaban J connectivity index is 1.88. The van der Waals surface area contributed by atoms with Crippen molar-refractivity contribution in [3.63, 3.8) is 0 Å². The highest BCUT2D eigenvalue weighted by atomic mass is 79.9. The van der Waals surface area contributed by atoms with Crippen LogP contribution in [0.25, 0.3) is 0 Å². The number of anilines is 1. The average molecular weight is 411 g/mol. The lowest BCUT2D eigenvalue weighted by molar-refractivity contribution is -0.384. The maximum atomic E-state index is 13.6. The van der Waals surface area contributed by atoms with Gasteiger partial charge < -0.3 is 10.1 Å². The zero-order chi connectivity index (χ0) is 18.4. The number of halogens is 2. The summed E-state index contributed by atoms with van der Waals surface area (Å²) in [5.74, 6) is -2.26. The van der Waals surface area contributed by atoms with Crippen LogP contribution in [0.4, 0.5) is 15.8 Å². The number of nitrogens with zero attached hydrogens (tertiary/aromatic N) is 1. The molecule has 0 aliphatic carbocycles. The van der Waals surface area contributed by atoms with E-state index in [-0.39, 0.29) is 17.8 Å². The van der Waals surface area contributed by atoms with Crippen LogP contribution in [0.3, 0.4) is 0 Å². The van der Waals surface area contributed by atoms with Crippen LogP contribution in [0, 0.1) is 15.9 Å². The molecule has 1 N–H and O–H groups in total. The summed E-state index contributed by atoms with van der Waals surface area (Å²) >= 11 is 3.27. The second-order valence-electron chi connectivity index (χ2n) is 4.93. The van der Waals surface area contributed by atoms with E-state index in [1.807, 2.05) is 0 Å². The quantitative estimate of drug-likeness (QED) is 0.447. The molecule has 0 spiro atoms. The molecule has 0 aliphatic rings. The first-order valence-electron chi connectivity index (χ1n) is 6.99. The van der Waals surface area contributed by atoms with Crippen molar-refractivity contribution < 1.29 is 23.6 Å². The van der Waals surface area contributed by atoms with Crippen molar-refractivity contribution in [2.45, 2.75) is 6.42 Å². The van der Waals surface area contributed by atoms with Gasteiger partial charge in [0, 0.05) is 16.6 Å². The minimum Gasteiger partial charge on any atom is -0.455 e. The van der Waals surface area contributed by atoms with E-state index in [1.54, 1.807) is 24.3 Å². The summed E-state index contributed by atoms with van der Waals surface area (Å²) in [6.45, 7) is -0.627.